The Bertz CT molecular complexity index is 690. The summed E-state index contributed by atoms with van der Waals surface area (Å²) < 4.78 is 9.09. The highest BCUT2D eigenvalue weighted by molar-refractivity contribution is 7.99. The first-order valence-corrected chi connectivity index (χ1v) is 8.49. The zero-order chi connectivity index (χ0) is 16.7. The van der Waals surface area contributed by atoms with Crippen molar-refractivity contribution in [2.45, 2.75) is 12.1 Å². The molecule has 0 radical (unpaired) electrons. The van der Waals surface area contributed by atoms with Crippen molar-refractivity contribution in [1.29, 1.82) is 0 Å². The van der Waals surface area contributed by atoms with Crippen molar-refractivity contribution in [2.75, 3.05) is 30.1 Å². The molecule has 0 unspecified atom stereocenters. The highest BCUT2D eigenvalue weighted by Crippen LogP contribution is 2.20. The number of Topliss-reactive ketones (excluding diaryl/α,β-unsaturated/α-hetero) is 1. The second-order valence-electron chi connectivity index (χ2n) is 4.44. The summed E-state index contributed by atoms with van der Waals surface area (Å²) in [6, 6.07) is 6.29. The van der Waals surface area contributed by atoms with Crippen LogP contribution in [0, 0.1) is 0 Å². The number of anilines is 2. The van der Waals surface area contributed by atoms with Gasteiger partial charge in [-0.25, -0.2) is 4.79 Å². The molecule has 2 aromatic rings. The summed E-state index contributed by atoms with van der Waals surface area (Å²) >= 11 is 2.56. The third-order valence-corrected chi connectivity index (χ3v) is 4.23. The summed E-state index contributed by atoms with van der Waals surface area (Å²) in [6.07, 6.45) is 0. The van der Waals surface area contributed by atoms with Crippen LogP contribution in [0.25, 0.3) is 0 Å². The van der Waals surface area contributed by atoms with Crippen LogP contribution in [0.1, 0.15) is 17.3 Å². The number of nitrogens with one attached hydrogen (secondary N) is 2. The summed E-state index contributed by atoms with van der Waals surface area (Å²) in [7, 11) is 1.63. The average molecular weight is 352 g/mol. The van der Waals surface area contributed by atoms with Gasteiger partial charge in [0.2, 0.25) is 10.3 Å². The van der Waals surface area contributed by atoms with Crippen LogP contribution in [-0.2, 0) is 4.74 Å². The molecule has 0 aliphatic heterocycles. The van der Waals surface area contributed by atoms with Gasteiger partial charge in [0.05, 0.1) is 6.61 Å². The molecule has 0 bridgehead atoms. The number of urea groups is 1. The largest absolute Gasteiger partial charge is 0.384 e. The first kappa shape index (κ1) is 17.4. The molecule has 1 aromatic carbocycles. The van der Waals surface area contributed by atoms with E-state index < -0.39 is 6.03 Å². The Balaban J connectivity index is 1.89. The number of hydrogen-bond acceptors (Lipinski definition) is 7. The minimum Gasteiger partial charge on any atom is -0.384 e. The normalized spacial score (nSPS) is 10.3. The lowest BCUT2D eigenvalue weighted by molar-refractivity contribution is 0.101. The number of aromatic nitrogens is 2. The molecule has 2 rings (SSSR count). The lowest BCUT2D eigenvalue weighted by Gasteiger charge is -2.06. The van der Waals surface area contributed by atoms with E-state index in [0.717, 1.165) is 17.3 Å². The summed E-state index contributed by atoms with van der Waals surface area (Å²) in [4.78, 5) is 27.5. The van der Waals surface area contributed by atoms with Crippen LogP contribution >= 0.6 is 23.3 Å². The lowest BCUT2D eigenvalue weighted by Crippen LogP contribution is -2.19. The molecule has 1 aromatic heterocycles. The van der Waals surface area contributed by atoms with Crippen molar-refractivity contribution in [3.63, 3.8) is 0 Å². The van der Waals surface area contributed by atoms with E-state index >= 15 is 0 Å². The second kappa shape index (κ2) is 8.61. The van der Waals surface area contributed by atoms with Gasteiger partial charge in [-0.15, -0.1) is 0 Å². The van der Waals surface area contributed by atoms with Crippen LogP contribution in [0.15, 0.2) is 29.4 Å². The number of carbonyl (C=O) groups is 2. The quantitative estimate of drug-likeness (QED) is 0.452. The van der Waals surface area contributed by atoms with Crippen LogP contribution in [0.5, 0.6) is 0 Å². The predicted octanol–water partition coefficient (Wildman–Crippen LogP) is 3.12. The molecule has 2 amide bonds. The monoisotopic (exact) mass is 352 g/mol. The van der Waals surface area contributed by atoms with Crippen LogP contribution in [0.2, 0.25) is 0 Å². The molecule has 0 aliphatic carbocycles. The van der Waals surface area contributed by atoms with Gasteiger partial charge in [-0.2, -0.15) is 9.36 Å². The number of rotatable bonds is 7. The van der Waals surface area contributed by atoms with Gasteiger partial charge in [0.1, 0.15) is 0 Å². The van der Waals surface area contributed by atoms with Crippen molar-refractivity contribution >= 4 is 45.9 Å². The smallest absolute Gasteiger partial charge is 0.325 e. The van der Waals surface area contributed by atoms with E-state index in [4.69, 9.17) is 4.74 Å². The Hall–Kier alpha value is -1.97. The van der Waals surface area contributed by atoms with E-state index in [1.807, 2.05) is 0 Å². The summed E-state index contributed by atoms with van der Waals surface area (Å²) in [5.74, 6) is 0.687. The Kier molecular flexibility index (Phi) is 6.51. The second-order valence-corrected chi connectivity index (χ2v) is 6.25. The zero-order valence-corrected chi connectivity index (χ0v) is 14.3. The molecule has 7 nitrogen and oxygen atoms in total. The van der Waals surface area contributed by atoms with Crippen molar-refractivity contribution in [2.24, 2.45) is 0 Å². The van der Waals surface area contributed by atoms with Crippen LogP contribution in [0.3, 0.4) is 0 Å². The van der Waals surface area contributed by atoms with Crippen molar-refractivity contribution < 1.29 is 14.3 Å². The molecule has 0 spiro atoms. The number of carbonyl (C=O) groups excluding carboxylic acids is 2. The maximum atomic E-state index is 11.9. The average Bonchev–Trinajstić information content (AvgIpc) is 2.95. The topological polar surface area (TPSA) is 93.2 Å². The maximum Gasteiger partial charge on any atom is 0.325 e. The summed E-state index contributed by atoms with van der Waals surface area (Å²) in [5, 5.41) is 6.28. The highest BCUT2D eigenvalue weighted by Gasteiger charge is 2.09. The van der Waals surface area contributed by atoms with E-state index in [9.17, 15) is 9.59 Å². The van der Waals surface area contributed by atoms with Crippen molar-refractivity contribution in [3.05, 3.63) is 29.8 Å². The number of benzene rings is 1. The number of hydrogen-bond donors (Lipinski definition) is 2. The van der Waals surface area contributed by atoms with E-state index in [-0.39, 0.29) is 5.78 Å². The Labute approximate surface area is 142 Å². The number of thioether (sulfide) groups is 1. The van der Waals surface area contributed by atoms with E-state index in [1.54, 1.807) is 31.4 Å². The number of ketones is 1. The Morgan fingerprint density at radius 2 is 2.17 bits per heavy atom. The third-order valence-electron chi connectivity index (χ3n) is 2.67. The van der Waals surface area contributed by atoms with Crippen LogP contribution < -0.4 is 10.6 Å². The van der Waals surface area contributed by atoms with Gasteiger partial charge in [0.15, 0.2) is 5.78 Å². The van der Waals surface area contributed by atoms with Gasteiger partial charge in [-0.1, -0.05) is 23.9 Å². The molecule has 0 fully saturated rings. The minimum atomic E-state index is -0.435. The van der Waals surface area contributed by atoms with Gasteiger partial charge in [-0.3, -0.25) is 10.1 Å². The highest BCUT2D eigenvalue weighted by atomic mass is 32.2. The summed E-state index contributed by atoms with van der Waals surface area (Å²) in [5.41, 5.74) is 1.07. The molecule has 1 heterocycles. The molecule has 2 N–H and O–H groups in total. The maximum absolute atomic E-state index is 11.9. The van der Waals surface area contributed by atoms with E-state index in [0.29, 0.717) is 28.1 Å². The molecule has 122 valence electrons. The first-order chi connectivity index (χ1) is 11.1. The fraction of sp³-hybridized carbons (Fsp3) is 0.286. The standard InChI is InChI=1S/C14H16N4O3S2/c1-9(19)10-4-3-5-11(8-10)15-12(20)16-13-17-14(18-23-13)22-7-6-21-2/h3-5,8H,6-7H2,1-2H3,(H2,15,16,17,18,20). The Morgan fingerprint density at radius 3 is 2.91 bits per heavy atom. The van der Waals surface area contributed by atoms with E-state index in [1.165, 1.54) is 18.7 Å². The zero-order valence-electron chi connectivity index (χ0n) is 12.7. The van der Waals surface area contributed by atoms with Crippen LogP contribution in [-0.4, -0.2) is 40.6 Å². The molecule has 23 heavy (non-hydrogen) atoms. The van der Waals surface area contributed by atoms with Gasteiger partial charge < -0.3 is 10.1 Å². The van der Waals surface area contributed by atoms with Gasteiger partial charge in [-0.05, 0) is 19.1 Å². The predicted molar refractivity (Wildman–Crippen MR) is 91.6 cm³/mol. The van der Waals surface area contributed by atoms with Gasteiger partial charge in [0.25, 0.3) is 0 Å². The first-order valence-electron chi connectivity index (χ1n) is 6.73. The van der Waals surface area contributed by atoms with E-state index in [2.05, 4.69) is 20.0 Å². The SMILES string of the molecule is COCCSc1nsc(NC(=O)Nc2cccc(C(C)=O)c2)n1. The Morgan fingerprint density at radius 1 is 1.35 bits per heavy atom. The van der Waals surface area contributed by atoms with Crippen molar-refractivity contribution in [3.8, 4) is 0 Å². The van der Waals surface area contributed by atoms with Crippen LogP contribution in [0.4, 0.5) is 15.6 Å². The molecule has 0 saturated heterocycles. The van der Waals surface area contributed by atoms with Crippen molar-refractivity contribution in [1.82, 2.24) is 9.36 Å². The van der Waals surface area contributed by atoms with Gasteiger partial charge in [0, 0.05) is 35.6 Å². The van der Waals surface area contributed by atoms with Gasteiger partial charge >= 0.3 is 6.03 Å². The minimum absolute atomic E-state index is 0.0593. The third kappa shape index (κ3) is 5.62. The molecule has 0 atom stereocenters. The molecular formula is C14H16N4O3S2. The number of methoxy groups -OCH3 is 1. The summed E-state index contributed by atoms with van der Waals surface area (Å²) in [6.45, 7) is 2.09. The number of ether oxygens (including phenoxy) is 1. The molecule has 9 heteroatoms. The lowest BCUT2D eigenvalue weighted by atomic mass is 10.1. The molecule has 0 aliphatic rings. The molecular weight excluding hydrogens is 336 g/mol. The fourth-order valence-electron chi connectivity index (χ4n) is 1.61. The number of amides is 2. The number of nitrogens with zero attached hydrogens (tertiary/aromatic N) is 2. The molecule has 0 saturated carbocycles. The fourth-order valence-corrected chi connectivity index (χ4v) is 3.05.